The Morgan fingerprint density at radius 2 is 2.00 bits per heavy atom. The van der Waals surface area contributed by atoms with E-state index in [0.29, 0.717) is 5.92 Å². The predicted octanol–water partition coefficient (Wildman–Crippen LogP) is 3.87. The Bertz CT molecular complexity index is 727. The van der Waals surface area contributed by atoms with Gasteiger partial charge in [0.05, 0.1) is 17.9 Å². The maximum absolute atomic E-state index is 5.95. The molecule has 1 unspecified atom stereocenters. The Morgan fingerprint density at radius 1 is 1.19 bits per heavy atom. The molecule has 0 spiro atoms. The third-order valence-electron chi connectivity index (χ3n) is 3.85. The second-order valence-corrected chi connectivity index (χ2v) is 6.81. The van der Waals surface area contributed by atoms with Crippen LogP contribution in [0.5, 0.6) is 0 Å². The van der Waals surface area contributed by atoms with Crippen molar-refractivity contribution in [3.63, 3.8) is 0 Å². The number of hydrogen-bond donors (Lipinski definition) is 1. The number of nitrogens with zero attached hydrogens (tertiary/aromatic N) is 2. The van der Waals surface area contributed by atoms with Gasteiger partial charge < -0.3 is 5.73 Å². The van der Waals surface area contributed by atoms with Crippen molar-refractivity contribution in [2.24, 2.45) is 11.0 Å². The number of fused-ring (bicyclic) bond motifs is 3. The van der Waals surface area contributed by atoms with E-state index < -0.39 is 0 Å². The van der Waals surface area contributed by atoms with Gasteiger partial charge in [0.2, 0.25) is 0 Å². The van der Waals surface area contributed by atoms with E-state index in [2.05, 4.69) is 11.1 Å². The molecule has 5 heteroatoms. The minimum absolute atomic E-state index is 0.458. The Hall–Kier alpha value is -1.65. The van der Waals surface area contributed by atoms with Gasteiger partial charge in [-0.3, -0.25) is 5.01 Å². The normalized spacial score (nSPS) is 20.0. The van der Waals surface area contributed by atoms with Gasteiger partial charge in [0, 0.05) is 32.8 Å². The quantitative estimate of drug-likeness (QED) is 0.812. The Balaban J connectivity index is 1.73. The molecule has 0 aromatic heterocycles. The first-order valence-electron chi connectivity index (χ1n) is 6.85. The van der Waals surface area contributed by atoms with Crippen LogP contribution in [0.3, 0.4) is 0 Å². The van der Waals surface area contributed by atoms with Crippen LogP contribution in [0.4, 0.5) is 11.4 Å². The fourth-order valence-electron chi connectivity index (χ4n) is 2.79. The highest BCUT2D eigenvalue weighted by atomic mass is 35.5. The fourth-order valence-corrected chi connectivity index (χ4v) is 4.05. The summed E-state index contributed by atoms with van der Waals surface area (Å²) in [6, 6.07) is 13.9. The molecule has 1 atom stereocenters. The van der Waals surface area contributed by atoms with Crippen LogP contribution in [0.2, 0.25) is 5.02 Å². The monoisotopic (exact) mass is 315 g/mol. The van der Waals surface area contributed by atoms with Crippen molar-refractivity contribution in [1.29, 1.82) is 0 Å². The zero-order valence-corrected chi connectivity index (χ0v) is 12.9. The van der Waals surface area contributed by atoms with E-state index >= 15 is 0 Å². The summed E-state index contributed by atoms with van der Waals surface area (Å²) in [6.45, 7) is 0.915. The first-order valence-corrected chi connectivity index (χ1v) is 8.21. The maximum atomic E-state index is 5.95. The predicted molar refractivity (Wildman–Crippen MR) is 90.4 cm³/mol. The zero-order valence-electron chi connectivity index (χ0n) is 11.3. The lowest BCUT2D eigenvalue weighted by Gasteiger charge is -2.21. The summed E-state index contributed by atoms with van der Waals surface area (Å²) < 4.78 is 0. The van der Waals surface area contributed by atoms with Crippen molar-refractivity contribution in [2.75, 3.05) is 23.0 Å². The number of rotatable bonds is 1. The van der Waals surface area contributed by atoms with Crippen molar-refractivity contribution in [1.82, 2.24) is 0 Å². The summed E-state index contributed by atoms with van der Waals surface area (Å²) in [5, 5.41) is 7.64. The largest absolute Gasteiger partial charge is 0.399 e. The van der Waals surface area contributed by atoms with Gasteiger partial charge in [0.1, 0.15) is 0 Å². The lowest BCUT2D eigenvalue weighted by atomic mass is 9.98. The second-order valence-electron chi connectivity index (χ2n) is 5.31. The van der Waals surface area contributed by atoms with E-state index in [9.17, 15) is 0 Å². The Kier molecular flexibility index (Phi) is 3.08. The van der Waals surface area contributed by atoms with E-state index in [1.54, 1.807) is 0 Å². The summed E-state index contributed by atoms with van der Waals surface area (Å²) in [4.78, 5) is 1.28. The van der Waals surface area contributed by atoms with Gasteiger partial charge >= 0.3 is 0 Å². The minimum Gasteiger partial charge on any atom is -0.399 e. The van der Waals surface area contributed by atoms with Gasteiger partial charge in [-0.25, -0.2) is 0 Å². The first kappa shape index (κ1) is 13.0. The molecule has 0 radical (unpaired) electrons. The van der Waals surface area contributed by atoms with Crippen molar-refractivity contribution in [3.8, 4) is 0 Å². The van der Waals surface area contributed by atoms with Crippen LogP contribution in [-0.4, -0.2) is 18.0 Å². The standard InChI is InChI=1S/C16H14ClN3S/c17-11-1-4-13(5-2-11)20-8-10-9-21-15-6-3-12(18)7-14(15)16(10)19-20/h1-7,10H,8-9,18H2. The minimum atomic E-state index is 0.458. The fraction of sp³-hybridized carbons (Fsp3) is 0.188. The van der Waals surface area contributed by atoms with Crippen molar-refractivity contribution in [2.45, 2.75) is 4.90 Å². The lowest BCUT2D eigenvalue weighted by molar-refractivity contribution is 0.781. The SMILES string of the molecule is Nc1ccc2c(c1)C1=NN(c3ccc(Cl)cc3)CC1CS2. The first-order chi connectivity index (χ1) is 10.2. The molecule has 2 aliphatic rings. The van der Waals surface area contributed by atoms with E-state index in [1.165, 1.54) is 10.5 Å². The number of benzene rings is 2. The molecule has 2 aliphatic heterocycles. The molecule has 0 amide bonds. The van der Waals surface area contributed by atoms with E-state index in [-0.39, 0.29) is 0 Å². The summed E-state index contributed by atoms with van der Waals surface area (Å²) in [6.07, 6.45) is 0. The molecule has 0 bridgehead atoms. The molecule has 21 heavy (non-hydrogen) atoms. The lowest BCUT2D eigenvalue weighted by Crippen LogP contribution is -2.24. The smallest absolute Gasteiger partial charge is 0.0751 e. The van der Waals surface area contributed by atoms with Crippen LogP contribution in [0.15, 0.2) is 52.5 Å². The van der Waals surface area contributed by atoms with Gasteiger partial charge in [-0.15, -0.1) is 11.8 Å². The van der Waals surface area contributed by atoms with Crippen LogP contribution in [0.25, 0.3) is 0 Å². The Morgan fingerprint density at radius 3 is 2.81 bits per heavy atom. The van der Waals surface area contributed by atoms with Gasteiger partial charge in [-0.2, -0.15) is 5.10 Å². The van der Waals surface area contributed by atoms with Crippen LogP contribution in [0.1, 0.15) is 5.56 Å². The molecule has 106 valence electrons. The zero-order chi connectivity index (χ0) is 14.4. The number of hydrazone groups is 1. The number of anilines is 2. The molecular weight excluding hydrogens is 302 g/mol. The number of nitrogens with two attached hydrogens (primary N) is 1. The third kappa shape index (κ3) is 2.28. The van der Waals surface area contributed by atoms with E-state index in [1.807, 2.05) is 48.2 Å². The van der Waals surface area contributed by atoms with Crippen LogP contribution >= 0.6 is 23.4 Å². The molecule has 4 rings (SSSR count). The van der Waals surface area contributed by atoms with Crippen molar-refractivity contribution >= 4 is 40.4 Å². The van der Waals surface area contributed by atoms with E-state index in [0.717, 1.165) is 34.4 Å². The molecule has 0 aliphatic carbocycles. The number of hydrogen-bond acceptors (Lipinski definition) is 4. The summed E-state index contributed by atoms with van der Waals surface area (Å²) >= 11 is 7.84. The van der Waals surface area contributed by atoms with E-state index in [4.69, 9.17) is 22.4 Å². The molecule has 2 heterocycles. The van der Waals surface area contributed by atoms with Gasteiger partial charge in [-0.05, 0) is 42.5 Å². The third-order valence-corrected chi connectivity index (χ3v) is 5.34. The van der Waals surface area contributed by atoms with Gasteiger partial charge in [0.15, 0.2) is 0 Å². The van der Waals surface area contributed by atoms with Crippen molar-refractivity contribution < 1.29 is 0 Å². The molecular formula is C16H14ClN3S. The number of nitrogen functional groups attached to an aromatic ring is 1. The molecule has 2 aromatic carbocycles. The Labute approximate surface area is 132 Å². The second kappa shape index (κ2) is 4.97. The summed E-state index contributed by atoms with van der Waals surface area (Å²) in [5.74, 6) is 1.53. The highest BCUT2D eigenvalue weighted by Crippen LogP contribution is 2.38. The van der Waals surface area contributed by atoms with Crippen LogP contribution in [-0.2, 0) is 0 Å². The average molecular weight is 316 g/mol. The molecule has 3 nitrogen and oxygen atoms in total. The van der Waals surface area contributed by atoms with Gasteiger partial charge in [-0.1, -0.05) is 11.6 Å². The highest BCUT2D eigenvalue weighted by molar-refractivity contribution is 7.99. The molecule has 0 saturated carbocycles. The highest BCUT2D eigenvalue weighted by Gasteiger charge is 2.33. The summed E-state index contributed by atoms with van der Waals surface area (Å²) in [7, 11) is 0. The summed E-state index contributed by atoms with van der Waals surface area (Å²) in [5.41, 5.74) is 10.2. The van der Waals surface area contributed by atoms with Crippen molar-refractivity contribution in [3.05, 3.63) is 53.1 Å². The molecule has 0 fully saturated rings. The molecule has 2 N–H and O–H groups in total. The van der Waals surface area contributed by atoms with Gasteiger partial charge in [0.25, 0.3) is 0 Å². The topological polar surface area (TPSA) is 41.6 Å². The number of halogens is 1. The van der Waals surface area contributed by atoms with Crippen LogP contribution < -0.4 is 10.7 Å². The molecule has 2 aromatic rings. The average Bonchev–Trinajstić information content (AvgIpc) is 2.92. The molecule has 0 saturated heterocycles. The maximum Gasteiger partial charge on any atom is 0.0751 e. The number of thioether (sulfide) groups is 1. The van der Waals surface area contributed by atoms with Crippen LogP contribution in [0, 0.1) is 5.92 Å².